The summed E-state index contributed by atoms with van der Waals surface area (Å²) in [5, 5.41) is 0.732. The molecular weight excluding hydrogens is 220 g/mol. The van der Waals surface area contributed by atoms with Crippen LogP contribution in [-0.4, -0.2) is 4.98 Å². The number of halogens is 1. The predicted molar refractivity (Wildman–Crippen MR) is 67.5 cm³/mol. The van der Waals surface area contributed by atoms with Crippen LogP contribution in [0.4, 0.5) is 5.69 Å². The third-order valence-electron chi connectivity index (χ3n) is 2.45. The molecule has 1 aromatic heterocycles. The van der Waals surface area contributed by atoms with E-state index in [1.165, 1.54) is 0 Å². The summed E-state index contributed by atoms with van der Waals surface area (Å²) >= 11 is 6.10. The van der Waals surface area contributed by atoms with E-state index in [-0.39, 0.29) is 0 Å². The van der Waals surface area contributed by atoms with Crippen LogP contribution >= 0.6 is 11.6 Å². The van der Waals surface area contributed by atoms with Gasteiger partial charge in [-0.2, -0.15) is 0 Å². The molecule has 2 aromatic rings. The minimum atomic E-state index is 0.701. The van der Waals surface area contributed by atoms with Crippen LogP contribution in [0.3, 0.4) is 0 Å². The first-order chi connectivity index (χ1) is 7.75. The molecule has 0 aliphatic rings. The molecule has 16 heavy (non-hydrogen) atoms. The van der Waals surface area contributed by atoms with E-state index in [1.807, 2.05) is 30.3 Å². The standard InChI is InChI=1S/C13H13ClN2/c14-13-9-11(15)6-4-10(13)5-7-12-3-1-2-8-16-12/h1-4,6,8-9H,5,7,15H2. The van der Waals surface area contributed by atoms with Crippen molar-refractivity contribution in [1.29, 1.82) is 0 Å². The number of aromatic nitrogens is 1. The number of hydrogen-bond acceptors (Lipinski definition) is 2. The van der Waals surface area contributed by atoms with Gasteiger partial charge >= 0.3 is 0 Å². The molecule has 0 unspecified atom stereocenters. The highest BCUT2D eigenvalue weighted by molar-refractivity contribution is 6.31. The fraction of sp³-hybridized carbons (Fsp3) is 0.154. The van der Waals surface area contributed by atoms with Crippen molar-refractivity contribution in [3.8, 4) is 0 Å². The van der Waals surface area contributed by atoms with E-state index in [2.05, 4.69) is 4.98 Å². The molecule has 0 aliphatic carbocycles. The molecule has 2 nitrogen and oxygen atoms in total. The lowest BCUT2D eigenvalue weighted by Gasteiger charge is -2.04. The Kier molecular flexibility index (Phi) is 3.42. The van der Waals surface area contributed by atoms with Gasteiger partial charge in [-0.05, 0) is 42.7 Å². The number of nitrogen functional groups attached to an aromatic ring is 1. The third kappa shape index (κ3) is 2.74. The SMILES string of the molecule is Nc1ccc(CCc2ccccn2)c(Cl)c1. The number of nitrogens with two attached hydrogens (primary N) is 1. The van der Waals surface area contributed by atoms with Gasteiger partial charge in [0.1, 0.15) is 0 Å². The molecule has 0 saturated carbocycles. The largest absolute Gasteiger partial charge is 0.399 e. The lowest BCUT2D eigenvalue weighted by molar-refractivity contribution is 0.914. The Labute approximate surface area is 100 Å². The van der Waals surface area contributed by atoms with E-state index < -0.39 is 0 Å². The lowest BCUT2D eigenvalue weighted by Crippen LogP contribution is -1.95. The molecule has 1 heterocycles. The van der Waals surface area contributed by atoms with Gasteiger partial charge in [0.05, 0.1) is 0 Å². The Morgan fingerprint density at radius 2 is 2.00 bits per heavy atom. The van der Waals surface area contributed by atoms with E-state index in [0.717, 1.165) is 29.1 Å². The second-order valence-corrected chi connectivity index (χ2v) is 4.08. The highest BCUT2D eigenvalue weighted by Gasteiger charge is 2.01. The van der Waals surface area contributed by atoms with Crippen molar-refractivity contribution in [1.82, 2.24) is 4.98 Å². The molecule has 0 spiro atoms. The smallest absolute Gasteiger partial charge is 0.0458 e. The van der Waals surface area contributed by atoms with E-state index in [1.54, 1.807) is 12.3 Å². The van der Waals surface area contributed by atoms with Gasteiger partial charge < -0.3 is 5.73 Å². The van der Waals surface area contributed by atoms with Crippen LogP contribution in [0.15, 0.2) is 42.6 Å². The summed E-state index contributed by atoms with van der Waals surface area (Å²) in [6, 6.07) is 11.6. The summed E-state index contributed by atoms with van der Waals surface area (Å²) in [4.78, 5) is 4.27. The van der Waals surface area contributed by atoms with Gasteiger partial charge in [-0.25, -0.2) is 0 Å². The highest BCUT2D eigenvalue weighted by Crippen LogP contribution is 2.20. The topological polar surface area (TPSA) is 38.9 Å². The minimum Gasteiger partial charge on any atom is -0.399 e. The van der Waals surface area contributed by atoms with Crippen molar-refractivity contribution in [2.24, 2.45) is 0 Å². The van der Waals surface area contributed by atoms with Crippen LogP contribution < -0.4 is 5.73 Å². The van der Waals surface area contributed by atoms with Crippen molar-refractivity contribution in [2.45, 2.75) is 12.8 Å². The van der Waals surface area contributed by atoms with Crippen molar-refractivity contribution < 1.29 is 0 Å². The Morgan fingerprint density at radius 1 is 1.12 bits per heavy atom. The number of rotatable bonds is 3. The van der Waals surface area contributed by atoms with Crippen molar-refractivity contribution >= 4 is 17.3 Å². The molecular formula is C13H13ClN2. The molecule has 0 aliphatic heterocycles. The van der Waals surface area contributed by atoms with E-state index in [9.17, 15) is 0 Å². The van der Waals surface area contributed by atoms with Gasteiger partial charge in [0.15, 0.2) is 0 Å². The molecule has 0 bridgehead atoms. The zero-order valence-electron chi connectivity index (χ0n) is 8.86. The quantitative estimate of drug-likeness (QED) is 0.826. The molecule has 2 N–H and O–H groups in total. The molecule has 3 heteroatoms. The first kappa shape index (κ1) is 11.0. The molecule has 0 amide bonds. The van der Waals surface area contributed by atoms with Crippen LogP contribution in [-0.2, 0) is 12.8 Å². The Hall–Kier alpha value is -1.54. The summed E-state index contributed by atoms with van der Waals surface area (Å²) in [6.45, 7) is 0. The van der Waals surface area contributed by atoms with E-state index in [0.29, 0.717) is 5.69 Å². The number of pyridine rings is 1. The summed E-state index contributed by atoms with van der Waals surface area (Å²) in [6.07, 6.45) is 3.58. The fourth-order valence-corrected chi connectivity index (χ4v) is 1.86. The predicted octanol–water partition coefficient (Wildman–Crippen LogP) is 3.10. The van der Waals surface area contributed by atoms with Crippen LogP contribution in [0.1, 0.15) is 11.3 Å². The minimum absolute atomic E-state index is 0.701. The Bertz CT molecular complexity index is 469. The first-order valence-corrected chi connectivity index (χ1v) is 5.57. The Balaban J connectivity index is 2.05. The second-order valence-electron chi connectivity index (χ2n) is 3.67. The number of benzene rings is 1. The summed E-state index contributed by atoms with van der Waals surface area (Å²) in [5.74, 6) is 0. The van der Waals surface area contributed by atoms with Crippen LogP contribution in [0.5, 0.6) is 0 Å². The molecule has 1 aromatic carbocycles. The van der Waals surface area contributed by atoms with Gasteiger partial charge in [0, 0.05) is 22.6 Å². The van der Waals surface area contributed by atoms with Crippen LogP contribution in [0, 0.1) is 0 Å². The second kappa shape index (κ2) is 4.99. The molecule has 0 atom stereocenters. The van der Waals surface area contributed by atoms with Gasteiger partial charge in [0.2, 0.25) is 0 Å². The summed E-state index contributed by atoms with van der Waals surface area (Å²) in [5.41, 5.74) is 8.53. The maximum absolute atomic E-state index is 6.10. The maximum atomic E-state index is 6.10. The van der Waals surface area contributed by atoms with E-state index >= 15 is 0 Å². The van der Waals surface area contributed by atoms with Gasteiger partial charge in [-0.15, -0.1) is 0 Å². The monoisotopic (exact) mass is 232 g/mol. The average Bonchev–Trinajstić information content (AvgIpc) is 2.29. The summed E-state index contributed by atoms with van der Waals surface area (Å²) in [7, 11) is 0. The van der Waals surface area contributed by atoms with Crippen molar-refractivity contribution in [3.05, 3.63) is 58.9 Å². The van der Waals surface area contributed by atoms with Crippen molar-refractivity contribution in [3.63, 3.8) is 0 Å². The number of hydrogen-bond donors (Lipinski definition) is 1. The van der Waals surface area contributed by atoms with E-state index in [4.69, 9.17) is 17.3 Å². The molecule has 0 radical (unpaired) electrons. The molecule has 0 fully saturated rings. The lowest BCUT2D eigenvalue weighted by atomic mass is 10.1. The fourth-order valence-electron chi connectivity index (χ4n) is 1.58. The Morgan fingerprint density at radius 3 is 2.69 bits per heavy atom. The number of aryl methyl sites for hydroxylation is 2. The summed E-state index contributed by atoms with van der Waals surface area (Å²) < 4.78 is 0. The number of nitrogens with zero attached hydrogens (tertiary/aromatic N) is 1. The van der Waals surface area contributed by atoms with Gasteiger partial charge in [-0.3, -0.25) is 4.98 Å². The van der Waals surface area contributed by atoms with Crippen molar-refractivity contribution in [2.75, 3.05) is 5.73 Å². The van der Waals surface area contributed by atoms with Gasteiger partial charge in [0.25, 0.3) is 0 Å². The highest BCUT2D eigenvalue weighted by atomic mass is 35.5. The molecule has 2 rings (SSSR count). The third-order valence-corrected chi connectivity index (χ3v) is 2.81. The first-order valence-electron chi connectivity index (χ1n) is 5.19. The van der Waals surface area contributed by atoms with Gasteiger partial charge in [-0.1, -0.05) is 23.7 Å². The maximum Gasteiger partial charge on any atom is 0.0458 e. The normalized spacial score (nSPS) is 10.3. The number of anilines is 1. The molecule has 82 valence electrons. The van der Waals surface area contributed by atoms with Crippen LogP contribution in [0.25, 0.3) is 0 Å². The zero-order valence-corrected chi connectivity index (χ0v) is 9.61. The van der Waals surface area contributed by atoms with Crippen LogP contribution in [0.2, 0.25) is 5.02 Å². The zero-order chi connectivity index (χ0) is 11.4. The molecule has 0 saturated heterocycles. The average molecular weight is 233 g/mol.